The van der Waals surface area contributed by atoms with Crippen LogP contribution in [0.5, 0.6) is 0 Å². The van der Waals surface area contributed by atoms with E-state index in [9.17, 15) is 0 Å². The number of rotatable bonds is 4. The maximum absolute atomic E-state index is 5.84. The first kappa shape index (κ1) is 12.7. The second-order valence-corrected chi connectivity index (χ2v) is 5.74. The molecule has 0 aromatic rings. The first-order valence-corrected chi connectivity index (χ1v) is 6.95. The van der Waals surface area contributed by atoms with Crippen LogP contribution in [0, 0.1) is 5.92 Å². The minimum atomic E-state index is 0.511. The summed E-state index contributed by atoms with van der Waals surface area (Å²) in [5.74, 6) is 1.46. The number of hydrogen-bond donors (Lipinski definition) is 2. The lowest BCUT2D eigenvalue weighted by Crippen LogP contribution is -2.43. The highest BCUT2D eigenvalue weighted by atomic mass is 15.2. The zero-order chi connectivity index (χ0) is 12.3. The third-order valence-electron chi connectivity index (χ3n) is 3.77. The van der Waals surface area contributed by atoms with E-state index in [2.05, 4.69) is 29.1 Å². The molecule has 4 heteroatoms. The summed E-state index contributed by atoms with van der Waals surface area (Å²) in [6.45, 7) is 7.85. The fraction of sp³-hybridized carbons (Fsp3) is 0.923. The van der Waals surface area contributed by atoms with E-state index in [0.29, 0.717) is 18.0 Å². The molecule has 3 N–H and O–H groups in total. The van der Waals surface area contributed by atoms with Crippen LogP contribution in [-0.2, 0) is 0 Å². The van der Waals surface area contributed by atoms with Gasteiger partial charge in [0.25, 0.3) is 0 Å². The molecule has 2 aliphatic rings. The van der Waals surface area contributed by atoms with Gasteiger partial charge >= 0.3 is 0 Å². The molecule has 1 saturated heterocycles. The summed E-state index contributed by atoms with van der Waals surface area (Å²) in [4.78, 5) is 6.99. The molecular formula is C13H26N4. The van der Waals surface area contributed by atoms with Gasteiger partial charge in [0.1, 0.15) is 0 Å². The zero-order valence-corrected chi connectivity index (χ0v) is 11.2. The van der Waals surface area contributed by atoms with Crippen molar-refractivity contribution in [1.29, 1.82) is 0 Å². The van der Waals surface area contributed by atoms with E-state index in [1.54, 1.807) is 0 Å². The molecule has 1 aliphatic heterocycles. The molecule has 1 heterocycles. The first-order chi connectivity index (χ1) is 8.15. The molecule has 0 spiro atoms. The van der Waals surface area contributed by atoms with Gasteiger partial charge in [-0.2, -0.15) is 0 Å². The number of nitrogens with zero attached hydrogens (tertiary/aromatic N) is 2. The quantitative estimate of drug-likeness (QED) is 0.571. The standard InChI is InChI=1S/C13H26N4/c1-10-4-3-7-17(9-10)11(2)8-15-13(14)16-12-5-6-12/h10-12H,3-9H2,1-2H3,(H3,14,15,16)/t10-,11-/m1/s1. The van der Waals surface area contributed by atoms with Crippen molar-refractivity contribution in [1.82, 2.24) is 10.2 Å². The van der Waals surface area contributed by atoms with Crippen LogP contribution in [0.1, 0.15) is 39.5 Å². The molecule has 0 amide bonds. The summed E-state index contributed by atoms with van der Waals surface area (Å²) < 4.78 is 0. The topological polar surface area (TPSA) is 53.6 Å². The average molecular weight is 238 g/mol. The van der Waals surface area contributed by atoms with Crippen LogP contribution in [0.25, 0.3) is 0 Å². The van der Waals surface area contributed by atoms with E-state index in [1.807, 2.05) is 0 Å². The highest BCUT2D eigenvalue weighted by Gasteiger charge is 2.22. The second-order valence-electron chi connectivity index (χ2n) is 5.74. The van der Waals surface area contributed by atoms with Gasteiger partial charge in [0.15, 0.2) is 5.96 Å². The van der Waals surface area contributed by atoms with Crippen molar-refractivity contribution in [3.8, 4) is 0 Å². The van der Waals surface area contributed by atoms with Crippen LogP contribution in [0.3, 0.4) is 0 Å². The summed E-state index contributed by atoms with van der Waals surface area (Å²) in [6, 6.07) is 1.11. The third kappa shape index (κ3) is 4.19. The Labute approximate surface area is 105 Å². The van der Waals surface area contributed by atoms with Crippen molar-refractivity contribution in [2.24, 2.45) is 16.6 Å². The monoisotopic (exact) mass is 238 g/mol. The molecule has 0 unspecified atom stereocenters. The van der Waals surface area contributed by atoms with Crippen molar-refractivity contribution in [3.05, 3.63) is 0 Å². The highest BCUT2D eigenvalue weighted by molar-refractivity contribution is 5.78. The SMILES string of the molecule is C[C@@H]1CCCN([C@H](C)CN=C(N)NC2CC2)C1. The van der Waals surface area contributed by atoms with Gasteiger partial charge in [0, 0.05) is 18.6 Å². The Balaban J connectivity index is 1.73. The lowest BCUT2D eigenvalue weighted by Gasteiger charge is -2.34. The van der Waals surface area contributed by atoms with Crippen molar-refractivity contribution in [3.63, 3.8) is 0 Å². The molecule has 2 rings (SSSR count). The van der Waals surface area contributed by atoms with Crippen molar-refractivity contribution in [2.45, 2.75) is 51.6 Å². The van der Waals surface area contributed by atoms with Crippen LogP contribution in [0.2, 0.25) is 0 Å². The summed E-state index contributed by atoms with van der Waals surface area (Å²) >= 11 is 0. The van der Waals surface area contributed by atoms with Gasteiger partial charge in [-0.25, -0.2) is 0 Å². The van der Waals surface area contributed by atoms with Gasteiger partial charge in [-0.05, 0) is 45.1 Å². The number of aliphatic imine (C=N–C) groups is 1. The number of guanidine groups is 1. The fourth-order valence-electron chi connectivity index (χ4n) is 2.45. The molecule has 4 nitrogen and oxygen atoms in total. The maximum atomic E-state index is 5.84. The number of hydrogen-bond acceptors (Lipinski definition) is 2. The maximum Gasteiger partial charge on any atom is 0.188 e. The van der Waals surface area contributed by atoms with Crippen LogP contribution in [0.4, 0.5) is 0 Å². The molecular weight excluding hydrogens is 212 g/mol. The molecule has 1 saturated carbocycles. The highest BCUT2D eigenvalue weighted by Crippen LogP contribution is 2.19. The molecule has 1 aliphatic carbocycles. The molecule has 0 bridgehead atoms. The normalized spacial score (nSPS) is 29.1. The van der Waals surface area contributed by atoms with Crippen LogP contribution in [0.15, 0.2) is 4.99 Å². The van der Waals surface area contributed by atoms with E-state index < -0.39 is 0 Å². The van der Waals surface area contributed by atoms with Crippen LogP contribution < -0.4 is 11.1 Å². The number of nitrogens with one attached hydrogen (secondary N) is 1. The Hall–Kier alpha value is -0.770. The zero-order valence-electron chi connectivity index (χ0n) is 11.2. The Morgan fingerprint density at radius 3 is 2.88 bits per heavy atom. The van der Waals surface area contributed by atoms with Gasteiger partial charge in [0.05, 0.1) is 6.54 Å². The average Bonchev–Trinajstić information content (AvgIpc) is 3.10. The minimum absolute atomic E-state index is 0.511. The Kier molecular flexibility index (Phi) is 4.26. The lowest BCUT2D eigenvalue weighted by atomic mass is 9.99. The summed E-state index contributed by atoms with van der Waals surface area (Å²) in [5, 5.41) is 3.23. The van der Waals surface area contributed by atoms with Crippen molar-refractivity contribution >= 4 is 5.96 Å². The van der Waals surface area contributed by atoms with E-state index in [1.165, 1.54) is 38.8 Å². The van der Waals surface area contributed by atoms with Crippen LogP contribution >= 0.6 is 0 Å². The van der Waals surface area contributed by atoms with Gasteiger partial charge in [0.2, 0.25) is 0 Å². The van der Waals surface area contributed by atoms with Crippen molar-refractivity contribution < 1.29 is 0 Å². The molecule has 0 aromatic heterocycles. The largest absolute Gasteiger partial charge is 0.370 e. The predicted octanol–water partition coefficient (Wildman–Crippen LogP) is 1.17. The Morgan fingerprint density at radius 2 is 2.24 bits per heavy atom. The van der Waals surface area contributed by atoms with Gasteiger partial charge in [-0.3, -0.25) is 9.89 Å². The second kappa shape index (κ2) is 5.71. The van der Waals surface area contributed by atoms with Crippen LogP contribution in [-0.4, -0.2) is 42.6 Å². The van der Waals surface area contributed by atoms with Gasteiger partial charge in [-0.15, -0.1) is 0 Å². The smallest absolute Gasteiger partial charge is 0.188 e. The van der Waals surface area contributed by atoms with E-state index >= 15 is 0 Å². The fourth-order valence-corrected chi connectivity index (χ4v) is 2.45. The number of nitrogens with two attached hydrogens (primary N) is 1. The van der Waals surface area contributed by atoms with E-state index in [-0.39, 0.29) is 0 Å². The molecule has 98 valence electrons. The molecule has 0 aromatic carbocycles. The molecule has 17 heavy (non-hydrogen) atoms. The first-order valence-electron chi connectivity index (χ1n) is 6.95. The molecule has 0 radical (unpaired) electrons. The van der Waals surface area contributed by atoms with E-state index in [0.717, 1.165) is 12.5 Å². The number of piperidine rings is 1. The number of likely N-dealkylation sites (tertiary alicyclic amines) is 1. The minimum Gasteiger partial charge on any atom is -0.370 e. The summed E-state index contributed by atoms with van der Waals surface area (Å²) in [5.41, 5.74) is 5.84. The van der Waals surface area contributed by atoms with Gasteiger partial charge < -0.3 is 11.1 Å². The van der Waals surface area contributed by atoms with Gasteiger partial charge in [-0.1, -0.05) is 6.92 Å². The molecule has 2 fully saturated rings. The molecule has 2 atom stereocenters. The summed E-state index contributed by atoms with van der Waals surface area (Å²) in [6.07, 6.45) is 5.19. The summed E-state index contributed by atoms with van der Waals surface area (Å²) in [7, 11) is 0. The lowest BCUT2D eigenvalue weighted by molar-refractivity contribution is 0.142. The third-order valence-corrected chi connectivity index (χ3v) is 3.77. The van der Waals surface area contributed by atoms with E-state index in [4.69, 9.17) is 5.73 Å². The predicted molar refractivity (Wildman–Crippen MR) is 72.1 cm³/mol. The Morgan fingerprint density at radius 1 is 1.47 bits per heavy atom. The Bertz CT molecular complexity index is 273. The van der Waals surface area contributed by atoms with Crippen molar-refractivity contribution in [2.75, 3.05) is 19.6 Å².